The fourth-order valence-electron chi connectivity index (χ4n) is 1.34. The van der Waals surface area contributed by atoms with E-state index in [1.807, 2.05) is 6.92 Å². The molecule has 13 heavy (non-hydrogen) atoms. The van der Waals surface area contributed by atoms with Crippen LogP contribution >= 0.6 is 0 Å². The first-order valence-electron chi connectivity index (χ1n) is 4.99. The molecule has 0 spiro atoms. The highest BCUT2D eigenvalue weighted by Crippen LogP contribution is 2.15. The lowest BCUT2D eigenvalue weighted by Crippen LogP contribution is -2.03. The highest BCUT2D eigenvalue weighted by molar-refractivity contribution is 5.93. The SMILES string of the molecule is CC(C)CCCC(C)CC(=O)C#N. The van der Waals surface area contributed by atoms with Gasteiger partial charge < -0.3 is 0 Å². The van der Waals surface area contributed by atoms with Crippen LogP contribution in [-0.4, -0.2) is 5.78 Å². The molecule has 0 amide bonds. The van der Waals surface area contributed by atoms with Gasteiger partial charge in [-0.3, -0.25) is 4.79 Å². The second-order valence-electron chi connectivity index (χ2n) is 4.17. The lowest BCUT2D eigenvalue weighted by molar-refractivity contribution is -0.114. The molecule has 2 nitrogen and oxygen atoms in total. The summed E-state index contributed by atoms with van der Waals surface area (Å²) >= 11 is 0. The molecule has 0 aromatic carbocycles. The van der Waals surface area contributed by atoms with Crippen LogP contribution in [0.1, 0.15) is 46.5 Å². The lowest BCUT2D eigenvalue weighted by Gasteiger charge is -2.09. The van der Waals surface area contributed by atoms with Gasteiger partial charge in [-0.05, 0) is 11.8 Å². The monoisotopic (exact) mass is 181 g/mol. The molecule has 0 aromatic heterocycles. The minimum atomic E-state index is -0.281. The zero-order chi connectivity index (χ0) is 10.3. The van der Waals surface area contributed by atoms with E-state index in [2.05, 4.69) is 13.8 Å². The maximum Gasteiger partial charge on any atom is 0.232 e. The lowest BCUT2D eigenvalue weighted by atomic mass is 9.96. The van der Waals surface area contributed by atoms with Crippen molar-refractivity contribution in [2.75, 3.05) is 0 Å². The molecule has 0 rings (SSSR count). The molecule has 0 fully saturated rings. The van der Waals surface area contributed by atoms with E-state index in [0.29, 0.717) is 12.3 Å². The molecule has 0 aliphatic carbocycles. The number of nitrogens with zero attached hydrogens (tertiary/aromatic N) is 1. The van der Waals surface area contributed by atoms with Crippen molar-refractivity contribution in [2.24, 2.45) is 11.8 Å². The van der Waals surface area contributed by atoms with Crippen LogP contribution in [0.2, 0.25) is 0 Å². The van der Waals surface area contributed by atoms with Crippen molar-refractivity contribution < 1.29 is 4.79 Å². The van der Waals surface area contributed by atoms with Gasteiger partial charge in [0.25, 0.3) is 0 Å². The first-order chi connectivity index (χ1) is 6.06. The van der Waals surface area contributed by atoms with E-state index in [4.69, 9.17) is 5.26 Å². The summed E-state index contributed by atoms with van der Waals surface area (Å²) in [6.45, 7) is 6.44. The molecular formula is C11H19NO. The zero-order valence-corrected chi connectivity index (χ0v) is 8.84. The van der Waals surface area contributed by atoms with Gasteiger partial charge in [0.1, 0.15) is 6.07 Å². The third kappa shape index (κ3) is 7.52. The molecule has 0 saturated carbocycles. The van der Waals surface area contributed by atoms with E-state index in [9.17, 15) is 4.79 Å². The minimum absolute atomic E-state index is 0.281. The molecule has 0 aliphatic rings. The Labute approximate surface area is 80.9 Å². The number of hydrogen-bond acceptors (Lipinski definition) is 2. The van der Waals surface area contributed by atoms with Gasteiger partial charge in [0.2, 0.25) is 5.78 Å². The van der Waals surface area contributed by atoms with Gasteiger partial charge in [0.05, 0.1) is 0 Å². The van der Waals surface area contributed by atoms with Crippen LogP contribution in [0, 0.1) is 23.2 Å². The Kier molecular flexibility index (Phi) is 6.22. The highest BCUT2D eigenvalue weighted by Gasteiger charge is 2.08. The third-order valence-electron chi connectivity index (χ3n) is 2.14. The fourth-order valence-corrected chi connectivity index (χ4v) is 1.34. The predicted octanol–water partition coefficient (Wildman–Crippen LogP) is 2.93. The van der Waals surface area contributed by atoms with Crippen LogP contribution < -0.4 is 0 Å². The van der Waals surface area contributed by atoms with Crippen molar-refractivity contribution in [3.8, 4) is 6.07 Å². The molecule has 0 aliphatic heterocycles. The summed E-state index contributed by atoms with van der Waals surface area (Å²) in [4.78, 5) is 10.8. The Morgan fingerprint density at radius 2 is 1.92 bits per heavy atom. The summed E-state index contributed by atoms with van der Waals surface area (Å²) in [5, 5.41) is 8.30. The van der Waals surface area contributed by atoms with E-state index in [0.717, 1.165) is 18.8 Å². The van der Waals surface area contributed by atoms with Crippen molar-refractivity contribution >= 4 is 5.78 Å². The quantitative estimate of drug-likeness (QED) is 0.591. The summed E-state index contributed by atoms with van der Waals surface area (Å²) in [5.74, 6) is 0.821. The Balaban J connectivity index is 3.47. The summed E-state index contributed by atoms with van der Waals surface area (Å²) in [7, 11) is 0. The molecule has 0 bridgehead atoms. The van der Waals surface area contributed by atoms with E-state index < -0.39 is 0 Å². The van der Waals surface area contributed by atoms with Crippen molar-refractivity contribution in [1.82, 2.24) is 0 Å². The van der Waals surface area contributed by atoms with Crippen LogP contribution in [0.25, 0.3) is 0 Å². The number of ketones is 1. The smallest absolute Gasteiger partial charge is 0.232 e. The molecule has 0 radical (unpaired) electrons. The maximum atomic E-state index is 10.8. The van der Waals surface area contributed by atoms with Gasteiger partial charge in [-0.2, -0.15) is 5.26 Å². The highest BCUT2D eigenvalue weighted by atomic mass is 16.1. The fraction of sp³-hybridized carbons (Fsp3) is 0.818. The molecule has 0 aromatic rings. The van der Waals surface area contributed by atoms with Crippen LogP contribution in [0.4, 0.5) is 0 Å². The Morgan fingerprint density at radius 1 is 1.31 bits per heavy atom. The minimum Gasteiger partial charge on any atom is -0.283 e. The summed E-state index contributed by atoms with van der Waals surface area (Å²) < 4.78 is 0. The topological polar surface area (TPSA) is 40.9 Å². The van der Waals surface area contributed by atoms with Gasteiger partial charge in [-0.15, -0.1) is 0 Å². The van der Waals surface area contributed by atoms with Gasteiger partial charge in [-0.1, -0.05) is 40.0 Å². The zero-order valence-electron chi connectivity index (χ0n) is 8.84. The van der Waals surface area contributed by atoms with Crippen molar-refractivity contribution in [3.05, 3.63) is 0 Å². The standard InChI is InChI=1S/C11H19NO/c1-9(2)5-4-6-10(3)7-11(13)8-12/h9-10H,4-7H2,1-3H3. The average molecular weight is 181 g/mol. The van der Waals surface area contributed by atoms with Crippen molar-refractivity contribution in [1.29, 1.82) is 5.26 Å². The first kappa shape index (κ1) is 12.2. The van der Waals surface area contributed by atoms with Crippen LogP contribution in [0.5, 0.6) is 0 Å². The average Bonchev–Trinajstić information content (AvgIpc) is 2.03. The van der Waals surface area contributed by atoms with Gasteiger partial charge in [-0.25, -0.2) is 0 Å². The van der Waals surface area contributed by atoms with E-state index in [1.54, 1.807) is 6.07 Å². The number of rotatable bonds is 6. The van der Waals surface area contributed by atoms with Crippen molar-refractivity contribution in [2.45, 2.75) is 46.5 Å². The van der Waals surface area contributed by atoms with Crippen LogP contribution in [0.3, 0.4) is 0 Å². The molecule has 0 N–H and O–H groups in total. The maximum absolute atomic E-state index is 10.8. The number of hydrogen-bond donors (Lipinski definition) is 0. The molecule has 1 unspecified atom stereocenters. The normalized spacial score (nSPS) is 12.5. The van der Waals surface area contributed by atoms with E-state index in [-0.39, 0.29) is 5.78 Å². The number of carbonyl (C=O) groups excluding carboxylic acids is 1. The number of Topliss-reactive ketones (excluding diaryl/α,β-unsaturated/α-hetero) is 1. The molecule has 0 saturated heterocycles. The van der Waals surface area contributed by atoms with Crippen molar-refractivity contribution in [3.63, 3.8) is 0 Å². The van der Waals surface area contributed by atoms with E-state index in [1.165, 1.54) is 6.42 Å². The molecular weight excluding hydrogens is 162 g/mol. The van der Waals surface area contributed by atoms with E-state index >= 15 is 0 Å². The second kappa shape index (κ2) is 6.65. The largest absolute Gasteiger partial charge is 0.283 e. The first-order valence-corrected chi connectivity index (χ1v) is 4.99. The Hall–Kier alpha value is -0.840. The van der Waals surface area contributed by atoms with Gasteiger partial charge >= 0.3 is 0 Å². The predicted molar refractivity (Wildman–Crippen MR) is 53.1 cm³/mol. The van der Waals surface area contributed by atoms with Crippen LogP contribution in [0.15, 0.2) is 0 Å². The number of carbonyl (C=O) groups is 1. The summed E-state index contributed by atoms with van der Waals surface area (Å²) in [6.07, 6.45) is 3.86. The molecule has 2 heteroatoms. The molecule has 74 valence electrons. The van der Waals surface area contributed by atoms with Gasteiger partial charge in [0, 0.05) is 6.42 Å². The Bertz CT molecular complexity index is 191. The second-order valence-corrected chi connectivity index (χ2v) is 4.17. The third-order valence-corrected chi connectivity index (χ3v) is 2.14. The van der Waals surface area contributed by atoms with Crippen LogP contribution in [-0.2, 0) is 4.79 Å². The molecule has 1 atom stereocenters. The summed E-state index contributed by atoms with van der Waals surface area (Å²) in [6, 6.07) is 1.66. The molecule has 0 heterocycles. The number of nitriles is 1. The Morgan fingerprint density at radius 3 is 2.38 bits per heavy atom. The van der Waals surface area contributed by atoms with Gasteiger partial charge in [0.15, 0.2) is 0 Å². The summed E-state index contributed by atoms with van der Waals surface area (Å²) in [5.41, 5.74) is 0.